The first-order valence-electron chi connectivity index (χ1n) is 8.68. The molecule has 0 bridgehead atoms. The summed E-state index contributed by atoms with van der Waals surface area (Å²) < 4.78 is 14.8. The summed E-state index contributed by atoms with van der Waals surface area (Å²) in [4.78, 5) is 23.4. The molecule has 142 valence electrons. The third kappa shape index (κ3) is 13.8. The maximum absolute atomic E-state index is 12.1. The number of carbonyl (C=O) groups is 2. The van der Waals surface area contributed by atoms with Crippen LogP contribution in [-0.2, 0) is 23.4 Å². The second-order valence-electron chi connectivity index (χ2n) is 5.97. The zero-order valence-corrected chi connectivity index (χ0v) is 15.9. The highest BCUT2D eigenvalue weighted by molar-refractivity contribution is 7.94. The molecule has 0 aromatic rings. The Bertz CT molecular complexity index is 337. The molecule has 0 heterocycles. The van der Waals surface area contributed by atoms with E-state index < -0.39 is 0 Å². The number of ether oxygens (including phenoxy) is 2. The summed E-state index contributed by atoms with van der Waals surface area (Å²) in [5.41, 5.74) is 0. The van der Waals surface area contributed by atoms with Crippen molar-refractivity contribution in [1.29, 1.82) is 0 Å². The molecule has 0 saturated carbocycles. The lowest BCUT2D eigenvalue weighted by Crippen LogP contribution is -2.25. The van der Waals surface area contributed by atoms with Crippen molar-refractivity contribution in [3.05, 3.63) is 0 Å². The molecule has 1 N–H and O–H groups in total. The van der Waals surface area contributed by atoms with Crippen molar-refractivity contribution in [3.8, 4) is 0 Å². The number of carbonyl (C=O) groups excluding carboxylic acids is 2. The quantitative estimate of drug-likeness (QED) is 0.145. The van der Waals surface area contributed by atoms with Gasteiger partial charge in [-0.05, 0) is 39.0 Å². The molecule has 0 fully saturated rings. The summed E-state index contributed by atoms with van der Waals surface area (Å²) in [5.74, 6) is 0.420. The van der Waals surface area contributed by atoms with Crippen LogP contribution in [0.15, 0.2) is 0 Å². The summed E-state index contributed by atoms with van der Waals surface area (Å²) in [6.07, 6.45) is 6.30. The van der Waals surface area contributed by atoms with E-state index in [-0.39, 0.29) is 36.8 Å². The molecule has 0 saturated heterocycles. The fourth-order valence-electron chi connectivity index (χ4n) is 2.44. The van der Waals surface area contributed by atoms with Crippen molar-refractivity contribution in [2.45, 2.75) is 83.8 Å². The van der Waals surface area contributed by atoms with Gasteiger partial charge in [-0.1, -0.05) is 19.8 Å². The fraction of sp³-hybridized carbons (Fsp3) is 0.882. The summed E-state index contributed by atoms with van der Waals surface area (Å²) in [6.45, 7) is 3.63. The second kappa shape index (κ2) is 15.9. The molecule has 0 radical (unpaired) electrons. The van der Waals surface area contributed by atoms with Crippen molar-refractivity contribution < 1.29 is 28.7 Å². The molecular weight excluding hydrogens is 332 g/mol. The summed E-state index contributed by atoms with van der Waals surface area (Å²) in [7, 11) is 1.58. The molecule has 6 nitrogen and oxygen atoms in total. The molecule has 0 aromatic heterocycles. The highest BCUT2D eigenvalue weighted by atomic mass is 32.2. The standard InChI is InChI=1S/C17H32O6S/c1-4-5-6-10-16(12-14(2)18)22-17(19)13-15(21-3)9-7-8-11-24-23-20/h15-16,20H,4-13H2,1-3H3. The van der Waals surface area contributed by atoms with E-state index >= 15 is 0 Å². The van der Waals surface area contributed by atoms with Crippen LogP contribution >= 0.6 is 12.0 Å². The van der Waals surface area contributed by atoms with Crippen molar-refractivity contribution in [1.82, 2.24) is 0 Å². The minimum absolute atomic E-state index is 0.0381. The van der Waals surface area contributed by atoms with Gasteiger partial charge in [0.25, 0.3) is 0 Å². The first kappa shape index (κ1) is 23.4. The van der Waals surface area contributed by atoms with Gasteiger partial charge < -0.3 is 9.47 Å². The minimum Gasteiger partial charge on any atom is -0.462 e. The Kier molecular flexibility index (Phi) is 15.5. The molecule has 0 rings (SSSR count). The summed E-state index contributed by atoms with van der Waals surface area (Å²) >= 11 is 0.996. The Hall–Kier alpha value is -0.630. The minimum atomic E-state index is -0.322. The van der Waals surface area contributed by atoms with Crippen LogP contribution in [0.25, 0.3) is 0 Å². The molecule has 0 spiro atoms. The molecule has 0 aliphatic carbocycles. The monoisotopic (exact) mass is 364 g/mol. The van der Waals surface area contributed by atoms with Gasteiger partial charge in [-0.25, -0.2) is 5.26 Å². The van der Waals surface area contributed by atoms with E-state index in [1.165, 1.54) is 6.92 Å². The van der Waals surface area contributed by atoms with Gasteiger partial charge in [-0.2, -0.15) is 4.33 Å². The van der Waals surface area contributed by atoms with Crippen LogP contribution in [0.3, 0.4) is 0 Å². The first-order chi connectivity index (χ1) is 11.5. The number of rotatable bonds is 16. The number of Topliss-reactive ketones (excluding diaryl/α,β-unsaturated/α-hetero) is 1. The van der Waals surface area contributed by atoms with Crippen LogP contribution < -0.4 is 0 Å². The van der Waals surface area contributed by atoms with Crippen LogP contribution in [0.2, 0.25) is 0 Å². The number of unbranched alkanes of at least 4 members (excludes halogenated alkanes) is 3. The molecule has 7 heteroatoms. The van der Waals surface area contributed by atoms with E-state index in [0.29, 0.717) is 5.75 Å². The SMILES string of the molecule is CCCCCC(CC(C)=O)OC(=O)CC(CCCCSOO)OC. The van der Waals surface area contributed by atoms with Crippen molar-refractivity contribution in [2.75, 3.05) is 12.9 Å². The van der Waals surface area contributed by atoms with Gasteiger partial charge in [0.05, 0.1) is 12.5 Å². The summed E-state index contributed by atoms with van der Waals surface area (Å²) in [5, 5.41) is 8.22. The first-order valence-corrected chi connectivity index (χ1v) is 9.59. The van der Waals surface area contributed by atoms with Gasteiger partial charge in [0, 0.05) is 31.3 Å². The van der Waals surface area contributed by atoms with Gasteiger partial charge in [0.2, 0.25) is 0 Å². The van der Waals surface area contributed by atoms with Gasteiger partial charge in [0.15, 0.2) is 0 Å². The highest BCUT2D eigenvalue weighted by Gasteiger charge is 2.19. The van der Waals surface area contributed by atoms with E-state index in [9.17, 15) is 9.59 Å². The normalized spacial score (nSPS) is 13.5. The Morgan fingerprint density at radius 1 is 1.04 bits per heavy atom. The molecule has 0 amide bonds. The van der Waals surface area contributed by atoms with Crippen molar-refractivity contribution in [2.24, 2.45) is 0 Å². The molecule has 2 unspecified atom stereocenters. The largest absolute Gasteiger partial charge is 0.462 e. The van der Waals surface area contributed by atoms with Crippen LogP contribution in [-0.4, -0.2) is 42.1 Å². The van der Waals surface area contributed by atoms with E-state index in [2.05, 4.69) is 11.3 Å². The van der Waals surface area contributed by atoms with E-state index in [1.54, 1.807) is 7.11 Å². The van der Waals surface area contributed by atoms with Crippen molar-refractivity contribution >= 4 is 23.8 Å². The zero-order valence-electron chi connectivity index (χ0n) is 15.1. The molecule has 0 aliphatic heterocycles. The van der Waals surface area contributed by atoms with E-state index in [4.69, 9.17) is 14.7 Å². The second-order valence-corrected chi connectivity index (χ2v) is 6.76. The Morgan fingerprint density at radius 3 is 2.29 bits per heavy atom. The Balaban J connectivity index is 4.17. The maximum atomic E-state index is 12.1. The van der Waals surface area contributed by atoms with Crippen LogP contribution in [0.1, 0.15) is 71.6 Å². The zero-order chi connectivity index (χ0) is 18.2. The average molecular weight is 365 g/mol. The summed E-state index contributed by atoms with van der Waals surface area (Å²) in [6, 6.07) is 0. The number of hydrogen-bond acceptors (Lipinski definition) is 7. The predicted molar refractivity (Wildman–Crippen MR) is 94.8 cm³/mol. The van der Waals surface area contributed by atoms with Crippen LogP contribution in [0.5, 0.6) is 0 Å². The smallest absolute Gasteiger partial charge is 0.308 e. The lowest BCUT2D eigenvalue weighted by molar-refractivity contribution is -0.153. The third-order valence-electron chi connectivity index (χ3n) is 3.73. The topological polar surface area (TPSA) is 82.1 Å². The molecule has 0 aromatic carbocycles. The number of methoxy groups -OCH3 is 1. The fourth-order valence-corrected chi connectivity index (χ4v) is 2.84. The molecule has 24 heavy (non-hydrogen) atoms. The maximum Gasteiger partial charge on any atom is 0.308 e. The van der Waals surface area contributed by atoms with E-state index in [0.717, 1.165) is 57.0 Å². The number of ketones is 1. The van der Waals surface area contributed by atoms with Gasteiger partial charge >= 0.3 is 5.97 Å². The van der Waals surface area contributed by atoms with Crippen molar-refractivity contribution in [3.63, 3.8) is 0 Å². The third-order valence-corrected chi connectivity index (χ3v) is 4.29. The molecular formula is C17H32O6S. The van der Waals surface area contributed by atoms with Gasteiger partial charge in [-0.3, -0.25) is 9.59 Å². The number of hydrogen-bond donors (Lipinski definition) is 1. The molecule has 2 atom stereocenters. The van der Waals surface area contributed by atoms with Gasteiger partial charge in [-0.15, -0.1) is 0 Å². The van der Waals surface area contributed by atoms with Crippen LogP contribution in [0.4, 0.5) is 0 Å². The van der Waals surface area contributed by atoms with Gasteiger partial charge in [0.1, 0.15) is 11.9 Å². The average Bonchev–Trinajstić information content (AvgIpc) is 2.53. The van der Waals surface area contributed by atoms with Crippen LogP contribution in [0, 0.1) is 0 Å². The lowest BCUT2D eigenvalue weighted by Gasteiger charge is -2.19. The van der Waals surface area contributed by atoms with E-state index in [1.807, 2.05) is 0 Å². The lowest BCUT2D eigenvalue weighted by atomic mass is 10.1. The molecule has 0 aliphatic rings. The predicted octanol–water partition coefficient (Wildman–Crippen LogP) is 4.17. The number of esters is 1. The highest BCUT2D eigenvalue weighted by Crippen LogP contribution is 2.15. The Morgan fingerprint density at radius 2 is 1.71 bits per heavy atom. The Labute approximate surface area is 149 Å².